The summed E-state index contributed by atoms with van der Waals surface area (Å²) in [6.07, 6.45) is 76.1. The van der Waals surface area contributed by atoms with Crippen molar-refractivity contribution in [3.63, 3.8) is 0 Å². The van der Waals surface area contributed by atoms with Crippen LogP contribution in [0.4, 0.5) is 0 Å². The fraction of sp³-hybridized carbons (Fsp3) is 0.831. The van der Waals surface area contributed by atoms with Crippen LogP contribution in [0.25, 0.3) is 0 Å². The van der Waals surface area contributed by atoms with Crippen molar-refractivity contribution >= 4 is 39.5 Å². The maximum atomic E-state index is 13.1. The lowest BCUT2D eigenvalue weighted by Gasteiger charge is -2.21. The molecule has 0 bridgehead atoms. The molecule has 0 aliphatic rings. The molecule has 17 nitrogen and oxygen atoms in total. The summed E-state index contributed by atoms with van der Waals surface area (Å²) in [5.74, 6) is -2.17. The number of aliphatic hydroxyl groups excluding tert-OH is 1. The zero-order chi connectivity index (χ0) is 74.6. The highest BCUT2D eigenvalue weighted by atomic mass is 31.2. The van der Waals surface area contributed by atoms with Crippen molar-refractivity contribution in [1.82, 2.24) is 0 Å². The predicted molar refractivity (Wildman–Crippen MR) is 418 cm³/mol. The van der Waals surface area contributed by atoms with Gasteiger partial charge in [0.1, 0.15) is 19.3 Å². The van der Waals surface area contributed by atoms with E-state index in [1.54, 1.807) is 0 Å². The van der Waals surface area contributed by atoms with Crippen LogP contribution < -0.4 is 0 Å². The third-order valence-corrected chi connectivity index (χ3v) is 19.8. The van der Waals surface area contributed by atoms with E-state index in [2.05, 4.69) is 88.5 Å². The van der Waals surface area contributed by atoms with Crippen LogP contribution >= 0.6 is 15.6 Å². The van der Waals surface area contributed by atoms with Gasteiger partial charge in [0.05, 0.1) is 26.4 Å². The zero-order valence-corrected chi connectivity index (χ0v) is 67.1. The van der Waals surface area contributed by atoms with Gasteiger partial charge in [-0.1, -0.05) is 288 Å². The van der Waals surface area contributed by atoms with E-state index in [-0.39, 0.29) is 25.7 Å². The van der Waals surface area contributed by atoms with Gasteiger partial charge in [-0.3, -0.25) is 37.3 Å². The monoisotopic (exact) mass is 1480 g/mol. The number of allylic oxidation sites excluding steroid dienone is 10. The number of esters is 4. The molecule has 3 unspecified atom stereocenters. The molecule has 0 aromatic rings. The van der Waals surface area contributed by atoms with Gasteiger partial charge in [-0.15, -0.1) is 0 Å². The van der Waals surface area contributed by atoms with Gasteiger partial charge in [0, 0.05) is 25.7 Å². The fourth-order valence-electron chi connectivity index (χ4n) is 11.5. The van der Waals surface area contributed by atoms with E-state index in [1.165, 1.54) is 141 Å². The third-order valence-electron chi connectivity index (χ3n) is 17.9. The number of ether oxygens (including phenoxy) is 4. The van der Waals surface area contributed by atoms with E-state index < -0.39 is 97.5 Å². The first kappa shape index (κ1) is 98.8. The SMILES string of the molecule is CCCCCC=CCC=CCCCCCCCC(=O)O[C@H](COC(=O)CCCCCCCCCC=CCCCCCCCC)COP(=O)(O)OCC(O)COP(=O)(O)OC[C@@H](COC(=O)CCCCCCCCCC=CCCCCCC)OC(=O)CCCCCCCCCC=CCCCCCC. The number of phosphoric acid groups is 2. The maximum Gasteiger partial charge on any atom is 0.472 e. The Bertz CT molecular complexity index is 2170. The predicted octanol–water partition coefficient (Wildman–Crippen LogP) is 24.2. The minimum Gasteiger partial charge on any atom is -0.462 e. The summed E-state index contributed by atoms with van der Waals surface area (Å²) < 4.78 is 68.7. The lowest BCUT2D eigenvalue weighted by Crippen LogP contribution is -2.30. The van der Waals surface area contributed by atoms with Gasteiger partial charge in [-0.2, -0.15) is 0 Å². The Morgan fingerprint density at radius 1 is 0.275 bits per heavy atom. The van der Waals surface area contributed by atoms with Crippen LogP contribution in [0.2, 0.25) is 0 Å². The number of unbranched alkanes of at least 4 members (excludes halogenated alkanes) is 43. The van der Waals surface area contributed by atoms with Crippen LogP contribution in [-0.2, 0) is 65.4 Å². The highest BCUT2D eigenvalue weighted by Crippen LogP contribution is 2.45. The molecule has 596 valence electrons. The average molecular weight is 1480 g/mol. The van der Waals surface area contributed by atoms with Gasteiger partial charge in [-0.05, 0) is 135 Å². The number of phosphoric ester groups is 2. The van der Waals surface area contributed by atoms with Crippen molar-refractivity contribution in [1.29, 1.82) is 0 Å². The molecule has 0 fully saturated rings. The summed E-state index contributed by atoms with van der Waals surface area (Å²) in [6, 6.07) is 0. The molecule has 0 aromatic carbocycles. The topological polar surface area (TPSA) is 237 Å². The summed E-state index contributed by atoms with van der Waals surface area (Å²) >= 11 is 0. The average Bonchev–Trinajstić information content (AvgIpc) is 0.919. The van der Waals surface area contributed by atoms with E-state index in [0.717, 1.165) is 167 Å². The molecule has 0 aliphatic heterocycles. The highest BCUT2D eigenvalue weighted by Gasteiger charge is 2.30. The quantitative estimate of drug-likeness (QED) is 0.0169. The van der Waals surface area contributed by atoms with Crippen LogP contribution in [0.5, 0.6) is 0 Å². The van der Waals surface area contributed by atoms with Crippen molar-refractivity contribution < 1.29 is 80.2 Å². The van der Waals surface area contributed by atoms with Gasteiger partial charge >= 0.3 is 39.5 Å². The first-order valence-electron chi connectivity index (χ1n) is 41.5. The molecule has 0 rings (SSSR count). The first-order valence-corrected chi connectivity index (χ1v) is 44.5. The maximum absolute atomic E-state index is 13.1. The van der Waals surface area contributed by atoms with Gasteiger partial charge in [0.25, 0.3) is 0 Å². The summed E-state index contributed by atoms with van der Waals surface area (Å²) in [6.45, 7) is 4.87. The molecule has 0 aliphatic carbocycles. The van der Waals surface area contributed by atoms with E-state index in [1.807, 2.05) is 0 Å². The number of hydrogen-bond acceptors (Lipinski definition) is 15. The lowest BCUT2D eigenvalue weighted by atomic mass is 10.1. The molecule has 0 amide bonds. The second kappa shape index (κ2) is 76.0. The number of carbonyl (C=O) groups excluding carboxylic acids is 4. The Morgan fingerprint density at radius 2 is 0.480 bits per heavy atom. The largest absolute Gasteiger partial charge is 0.472 e. The lowest BCUT2D eigenvalue weighted by molar-refractivity contribution is -0.161. The smallest absolute Gasteiger partial charge is 0.462 e. The zero-order valence-electron chi connectivity index (χ0n) is 65.3. The summed E-state index contributed by atoms with van der Waals surface area (Å²) in [5, 5.41) is 10.6. The van der Waals surface area contributed by atoms with Crippen LogP contribution in [0.15, 0.2) is 60.8 Å². The number of carbonyl (C=O) groups is 4. The standard InChI is InChI=1S/C83H152O17P2/c1-5-9-13-17-21-25-29-33-37-38-42-44-48-52-56-60-64-68-81(86)94-74-79(100-83(88)70-66-62-58-54-50-46-41-36-32-28-24-20-16-12-8-4)76-98-102(91,92)96-72-77(84)71-95-101(89,90)97-75-78(99-82(87)69-65-61-57-53-49-45-40-35-31-27-23-19-15-11-7-3)73-93-80(85)67-63-59-55-51-47-43-39-34-30-26-22-18-14-10-6-2/h24,26-28,30-31,33,36-37,41,77-79,84H,5-23,25,29,32,34-35,38-40,42-76H2,1-4H3,(H,89,90)(H,91,92)/t77?,78-,79-/m1/s1. The van der Waals surface area contributed by atoms with Gasteiger partial charge in [0.2, 0.25) is 0 Å². The molecular weight excluding hydrogens is 1330 g/mol. The highest BCUT2D eigenvalue weighted by molar-refractivity contribution is 7.47. The molecule has 0 saturated heterocycles. The number of aliphatic hydroxyl groups is 1. The molecule has 0 aromatic heterocycles. The van der Waals surface area contributed by atoms with E-state index in [0.29, 0.717) is 25.7 Å². The van der Waals surface area contributed by atoms with Crippen LogP contribution in [0, 0.1) is 0 Å². The van der Waals surface area contributed by atoms with Crippen LogP contribution in [0.3, 0.4) is 0 Å². The third kappa shape index (κ3) is 75.0. The van der Waals surface area contributed by atoms with E-state index >= 15 is 0 Å². The molecule has 3 N–H and O–H groups in total. The van der Waals surface area contributed by atoms with Gasteiger partial charge in [-0.25, -0.2) is 9.13 Å². The molecule has 102 heavy (non-hydrogen) atoms. The first-order chi connectivity index (χ1) is 49.7. The molecule has 19 heteroatoms. The van der Waals surface area contributed by atoms with E-state index in [4.69, 9.17) is 37.0 Å². The normalized spacial score (nSPS) is 14.1. The second-order valence-electron chi connectivity index (χ2n) is 28.1. The Morgan fingerprint density at radius 3 is 0.765 bits per heavy atom. The molecule has 0 heterocycles. The summed E-state index contributed by atoms with van der Waals surface area (Å²) in [7, 11) is -9.95. The molecule has 5 atom stereocenters. The molecule has 0 saturated carbocycles. The van der Waals surface area contributed by atoms with Gasteiger partial charge < -0.3 is 33.8 Å². The Hall–Kier alpha value is -3.24. The summed E-state index contributed by atoms with van der Waals surface area (Å²) in [4.78, 5) is 73.1. The fourth-order valence-corrected chi connectivity index (χ4v) is 13.1. The molecule has 0 radical (unpaired) electrons. The molecular formula is C83H152O17P2. The minimum atomic E-state index is -4.98. The minimum absolute atomic E-state index is 0.0822. The van der Waals surface area contributed by atoms with Crippen LogP contribution in [-0.4, -0.2) is 96.7 Å². The Balaban J connectivity index is 5.34. The van der Waals surface area contributed by atoms with Crippen molar-refractivity contribution in [3.05, 3.63) is 60.8 Å². The number of hydrogen-bond donors (Lipinski definition) is 3. The van der Waals surface area contributed by atoms with E-state index in [9.17, 15) is 43.2 Å². The second-order valence-corrected chi connectivity index (χ2v) is 31.0. The van der Waals surface area contributed by atoms with Crippen LogP contribution in [0.1, 0.15) is 387 Å². The Kier molecular flexibility index (Phi) is 73.6. The van der Waals surface area contributed by atoms with Crippen molar-refractivity contribution in [3.8, 4) is 0 Å². The summed E-state index contributed by atoms with van der Waals surface area (Å²) in [5.41, 5.74) is 0. The van der Waals surface area contributed by atoms with Gasteiger partial charge in [0.15, 0.2) is 12.2 Å². The molecule has 0 spiro atoms. The van der Waals surface area contributed by atoms with Crippen molar-refractivity contribution in [2.24, 2.45) is 0 Å². The van der Waals surface area contributed by atoms with Crippen molar-refractivity contribution in [2.75, 3.05) is 39.6 Å². The Labute approximate surface area is 622 Å². The number of rotatable bonds is 79. The van der Waals surface area contributed by atoms with Crippen molar-refractivity contribution in [2.45, 2.75) is 406 Å².